The van der Waals surface area contributed by atoms with Crippen LogP contribution < -0.4 is 10.2 Å². The maximum atomic E-state index is 13.9. The number of aliphatic hydroxyl groups is 4. The smallest absolute Gasteiger partial charge is 0.303 e. The molecule has 0 saturated carbocycles. The van der Waals surface area contributed by atoms with Gasteiger partial charge in [-0.15, -0.1) is 0 Å². The van der Waals surface area contributed by atoms with Gasteiger partial charge in [0.25, 0.3) is 0 Å². The number of ether oxygens (including phenoxy) is 6. The van der Waals surface area contributed by atoms with Crippen molar-refractivity contribution >= 4 is 22.7 Å². The fourth-order valence-corrected chi connectivity index (χ4v) is 6.36. The third kappa shape index (κ3) is 8.16. The Labute approximate surface area is 296 Å². The minimum atomic E-state index is -1.83. The first-order chi connectivity index (χ1) is 24.4. The fourth-order valence-electron chi connectivity index (χ4n) is 6.36. The molecule has 2 fully saturated rings. The van der Waals surface area contributed by atoms with E-state index in [0.29, 0.717) is 0 Å². The van der Waals surface area contributed by atoms with Gasteiger partial charge in [0.05, 0.1) is 18.3 Å². The Kier molecular flexibility index (Phi) is 11.5. The summed E-state index contributed by atoms with van der Waals surface area (Å²) in [5, 5.41) is 73.5. The molecule has 0 spiro atoms. The minimum Gasteiger partial charge on any atom is -0.508 e. The van der Waals surface area contributed by atoms with Gasteiger partial charge in [-0.25, -0.2) is 0 Å². The summed E-state index contributed by atoms with van der Waals surface area (Å²) in [6.07, 6.45) is -15.6. The van der Waals surface area contributed by atoms with Gasteiger partial charge in [-0.3, -0.25) is 14.4 Å². The van der Waals surface area contributed by atoms with Gasteiger partial charge in [0.15, 0.2) is 18.2 Å². The molecule has 1 aromatic heterocycles. The Morgan fingerprint density at radius 2 is 1.52 bits per heavy atom. The first kappa shape index (κ1) is 38.9. The van der Waals surface area contributed by atoms with E-state index in [2.05, 4.69) is 0 Å². The maximum Gasteiger partial charge on any atom is 0.303 e. The van der Waals surface area contributed by atoms with Crippen molar-refractivity contribution in [1.29, 1.82) is 0 Å². The van der Waals surface area contributed by atoms with Gasteiger partial charge >= 0.3 is 5.97 Å². The molecule has 7 N–H and O–H groups in total. The number of rotatable bonds is 11. The van der Waals surface area contributed by atoms with Crippen LogP contribution in [0, 0.1) is 0 Å². The minimum absolute atomic E-state index is 0.102. The second-order valence-electron chi connectivity index (χ2n) is 13.4. The third-order valence-electron chi connectivity index (χ3n) is 8.58. The Bertz CT molecular complexity index is 1820. The van der Waals surface area contributed by atoms with Crippen LogP contribution in [0.2, 0.25) is 0 Å². The number of phenols is 3. The van der Waals surface area contributed by atoms with Crippen molar-refractivity contribution in [3.8, 4) is 34.3 Å². The lowest BCUT2D eigenvalue weighted by Gasteiger charge is -2.48. The Balaban J connectivity index is 1.55. The number of ketones is 1. The van der Waals surface area contributed by atoms with Gasteiger partial charge < -0.3 is 68.6 Å². The van der Waals surface area contributed by atoms with E-state index in [4.69, 9.17) is 32.8 Å². The van der Waals surface area contributed by atoms with E-state index in [-0.39, 0.29) is 40.2 Å². The highest BCUT2D eigenvalue weighted by molar-refractivity contribution is 5.88. The Morgan fingerprint density at radius 3 is 2.13 bits per heavy atom. The summed E-state index contributed by atoms with van der Waals surface area (Å²) in [5.41, 5.74) is -2.15. The quantitative estimate of drug-likeness (QED) is 0.135. The standard InChI is InChI=1S/C35H42O17/c1-14(37)12-35(4,5)52-32-27(45)33(46-15(2)28(32)50-34-26(44)30(47-16(3)38)24(42)22(13-36)49-34)51-31-25(43)23-20(41)10-19(40)11-21(23)48-29(31)17-6-8-18(39)9-7-17/h6-11,15,22,24,26-28,30,32-34,36,39-42,44-45H,12-13H2,1-5H3/t15-,22+,24+,26+,27+,28-,30-,32-,33+,34-/m1/s1. The van der Waals surface area contributed by atoms with Crippen molar-refractivity contribution in [1.82, 2.24) is 0 Å². The van der Waals surface area contributed by atoms with Crippen LogP contribution in [0.3, 0.4) is 0 Å². The van der Waals surface area contributed by atoms with Gasteiger partial charge in [-0.05, 0) is 52.0 Å². The molecule has 0 unspecified atom stereocenters. The Hall–Kier alpha value is -4.33. The first-order valence-electron chi connectivity index (χ1n) is 16.4. The van der Waals surface area contributed by atoms with Crippen LogP contribution in [0.1, 0.15) is 41.0 Å². The zero-order valence-electron chi connectivity index (χ0n) is 28.9. The molecule has 17 nitrogen and oxygen atoms in total. The van der Waals surface area contributed by atoms with E-state index in [9.17, 15) is 50.1 Å². The number of benzene rings is 2. The topological polar surface area (TPSA) is 261 Å². The fraction of sp³-hybridized carbons (Fsp3) is 0.514. The number of hydrogen-bond acceptors (Lipinski definition) is 17. The largest absolute Gasteiger partial charge is 0.508 e. The first-order valence-corrected chi connectivity index (χ1v) is 16.4. The van der Waals surface area contributed by atoms with E-state index >= 15 is 0 Å². The summed E-state index contributed by atoms with van der Waals surface area (Å²) in [4.78, 5) is 37.8. The number of aromatic hydroxyl groups is 3. The molecule has 5 rings (SSSR count). The van der Waals surface area contributed by atoms with Crippen molar-refractivity contribution < 1.29 is 78.2 Å². The maximum absolute atomic E-state index is 13.9. The lowest BCUT2D eigenvalue weighted by Crippen LogP contribution is -2.65. The van der Waals surface area contributed by atoms with Crippen molar-refractivity contribution in [2.24, 2.45) is 0 Å². The van der Waals surface area contributed by atoms with E-state index in [1.807, 2.05) is 0 Å². The molecule has 2 saturated heterocycles. The average molecular weight is 735 g/mol. The van der Waals surface area contributed by atoms with Crippen LogP contribution in [-0.4, -0.2) is 121 Å². The third-order valence-corrected chi connectivity index (χ3v) is 8.58. The lowest BCUT2D eigenvalue weighted by molar-refractivity contribution is -0.358. The second-order valence-corrected chi connectivity index (χ2v) is 13.4. The van der Waals surface area contributed by atoms with Crippen LogP contribution in [-0.2, 0) is 33.3 Å². The molecule has 0 aliphatic carbocycles. The van der Waals surface area contributed by atoms with Gasteiger partial charge in [0.1, 0.15) is 70.6 Å². The number of hydrogen-bond donors (Lipinski definition) is 7. The summed E-state index contributed by atoms with van der Waals surface area (Å²) in [7, 11) is 0. The number of aliphatic hydroxyl groups excluding tert-OH is 4. The summed E-state index contributed by atoms with van der Waals surface area (Å²) >= 11 is 0. The van der Waals surface area contributed by atoms with Gasteiger partial charge in [0.2, 0.25) is 17.5 Å². The van der Waals surface area contributed by atoms with Crippen LogP contribution in [0.4, 0.5) is 0 Å². The SMILES string of the molecule is CC(=O)CC(C)(C)O[C@@H]1[C@H](O)[C@H](Oc2c(-c3ccc(O)cc3)oc3cc(O)cc(O)c3c2=O)O[C@H](C)[C@H]1O[C@H]1O[C@@H](CO)[C@H](O)[C@@H](OC(C)=O)[C@@H]1O. The highest BCUT2D eigenvalue weighted by atomic mass is 16.7. The highest BCUT2D eigenvalue weighted by Gasteiger charge is 2.53. The molecule has 0 radical (unpaired) electrons. The van der Waals surface area contributed by atoms with E-state index in [0.717, 1.165) is 19.1 Å². The van der Waals surface area contributed by atoms with E-state index < -0.39 is 102 Å². The average Bonchev–Trinajstić information content (AvgIpc) is 3.04. The van der Waals surface area contributed by atoms with Crippen molar-refractivity contribution in [2.75, 3.05) is 6.61 Å². The molecule has 2 aliphatic heterocycles. The molecule has 3 aromatic rings. The molecule has 0 amide bonds. The van der Waals surface area contributed by atoms with Gasteiger partial charge in [0, 0.05) is 31.0 Å². The van der Waals surface area contributed by atoms with Crippen LogP contribution in [0.25, 0.3) is 22.3 Å². The molecular formula is C35H42O17. The summed E-state index contributed by atoms with van der Waals surface area (Å²) < 4.78 is 41.1. The zero-order valence-corrected chi connectivity index (χ0v) is 28.9. The van der Waals surface area contributed by atoms with Crippen LogP contribution in [0.15, 0.2) is 45.6 Å². The normalized spacial score (nSPS) is 29.5. The lowest BCUT2D eigenvalue weighted by atomic mass is 9.95. The molecule has 2 aliphatic rings. The van der Waals surface area contributed by atoms with E-state index in [1.54, 1.807) is 13.8 Å². The number of esters is 1. The van der Waals surface area contributed by atoms with Crippen molar-refractivity contribution in [2.45, 2.75) is 108 Å². The highest BCUT2D eigenvalue weighted by Crippen LogP contribution is 2.39. The number of carbonyl (C=O) groups excluding carboxylic acids is 2. The second kappa shape index (κ2) is 15.3. The number of fused-ring (bicyclic) bond motifs is 1. The molecule has 17 heteroatoms. The summed E-state index contributed by atoms with van der Waals surface area (Å²) in [6, 6.07) is 7.47. The zero-order chi connectivity index (χ0) is 38.2. The molecule has 284 valence electrons. The monoisotopic (exact) mass is 734 g/mol. The molecule has 2 aromatic carbocycles. The molecular weight excluding hydrogens is 692 g/mol. The summed E-state index contributed by atoms with van der Waals surface area (Å²) in [6.45, 7) is 6.29. The van der Waals surface area contributed by atoms with Crippen molar-refractivity contribution in [3.63, 3.8) is 0 Å². The molecule has 3 heterocycles. The predicted molar refractivity (Wildman–Crippen MR) is 176 cm³/mol. The number of phenolic OH excluding ortho intramolecular Hbond substituents is 3. The number of carbonyl (C=O) groups is 2. The molecule has 0 bridgehead atoms. The molecule has 52 heavy (non-hydrogen) atoms. The summed E-state index contributed by atoms with van der Waals surface area (Å²) in [5.74, 6) is -2.98. The van der Waals surface area contributed by atoms with Crippen LogP contribution in [0.5, 0.6) is 23.0 Å². The van der Waals surface area contributed by atoms with E-state index in [1.165, 1.54) is 38.1 Å². The van der Waals surface area contributed by atoms with Gasteiger partial charge in [-0.1, -0.05) is 0 Å². The Morgan fingerprint density at radius 1 is 0.865 bits per heavy atom. The number of Topliss-reactive ketones (excluding diaryl/α,β-unsaturated/α-hetero) is 1. The van der Waals surface area contributed by atoms with Gasteiger partial charge in [-0.2, -0.15) is 0 Å². The predicted octanol–water partition coefficient (Wildman–Crippen LogP) is 0.960. The van der Waals surface area contributed by atoms with Crippen LogP contribution >= 0.6 is 0 Å². The molecule has 10 atom stereocenters. The van der Waals surface area contributed by atoms with Crippen molar-refractivity contribution in [3.05, 3.63) is 46.6 Å².